The molecule has 0 saturated heterocycles. The van der Waals surface area contributed by atoms with E-state index in [4.69, 9.17) is 11.1 Å². The smallest absolute Gasteiger partial charge is 0.153 e. The molecule has 78 valence electrons. The van der Waals surface area contributed by atoms with Gasteiger partial charge in [-0.3, -0.25) is 5.41 Å². The topological polar surface area (TPSA) is 75.1 Å². The standard InChI is InChI=1S/C11H8N4S/c12-10-7-4-2-1-3-6(7)8(15-10)9-11(13)14-5-16-9/h1-5,12H,13H2. The Morgan fingerprint density at radius 2 is 1.94 bits per heavy atom. The summed E-state index contributed by atoms with van der Waals surface area (Å²) in [7, 11) is 0. The van der Waals surface area contributed by atoms with Gasteiger partial charge in [-0.15, -0.1) is 11.3 Å². The number of nitrogen functional groups attached to an aromatic ring is 1. The second-order valence-electron chi connectivity index (χ2n) is 3.42. The molecular formula is C11H8N4S. The van der Waals surface area contributed by atoms with Crippen LogP contribution >= 0.6 is 11.3 Å². The molecule has 16 heavy (non-hydrogen) atoms. The number of hydrogen-bond acceptors (Lipinski definition) is 4. The van der Waals surface area contributed by atoms with Crippen LogP contribution in [0, 0.1) is 5.41 Å². The second-order valence-corrected chi connectivity index (χ2v) is 4.28. The molecule has 3 rings (SSSR count). The van der Waals surface area contributed by atoms with Crippen LogP contribution in [0.15, 0.2) is 34.8 Å². The van der Waals surface area contributed by atoms with E-state index in [1.165, 1.54) is 11.3 Å². The molecule has 2 heterocycles. The van der Waals surface area contributed by atoms with Gasteiger partial charge in [-0.1, -0.05) is 24.3 Å². The molecule has 0 amide bonds. The Bertz CT molecular complexity index is 612. The van der Waals surface area contributed by atoms with Crippen molar-refractivity contribution in [1.82, 2.24) is 4.98 Å². The summed E-state index contributed by atoms with van der Waals surface area (Å²) in [6.07, 6.45) is 0. The first-order chi connectivity index (χ1) is 7.77. The Morgan fingerprint density at radius 3 is 2.62 bits per heavy atom. The Balaban J connectivity index is 2.23. The number of thiazole rings is 1. The Hall–Kier alpha value is -2.01. The van der Waals surface area contributed by atoms with Gasteiger partial charge in [0.05, 0.1) is 16.1 Å². The minimum atomic E-state index is 0.290. The SMILES string of the molecule is N=C1N=C(c2scnc2N)c2ccccc21. The van der Waals surface area contributed by atoms with Crippen molar-refractivity contribution in [2.45, 2.75) is 0 Å². The van der Waals surface area contributed by atoms with Crippen LogP contribution in [-0.4, -0.2) is 16.5 Å². The van der Waals surface area contributed by atoms with E-state index in [9.17, 15) is 0 Å². The van der Waals surface area contributed by atoms with Crippen molar-refractivity contribution in [3.63, 3.8) is 0 Å². The molecule has 4 nitrogen and oxygen atoms in total. The number of nitrogens with zero attached hydrogens (tertiary/aromatic N) is 2. The van der Waals surface area contributed by atoms with Crippen molar-refractivity contribution in [3.8, 4) is 0 Å². The first-order valence-corrected chi connectivity index (χ1v) is 5.61. The van der Waals surface area contributed by atoms with E-state index in [0.717, 1.165) is 21.7 Å². The first kappa shape index (κ1) is 9.23. The van der Waals surface area contributed by atoms with Gasteiger partial charge in [-0.05, 0) is 0 Å². The maximum atomic E-state index is 7.79. The summed E-state index contributed by atoms with van der Waals surface area (Å²) >= 11 is 1.45. The molecule has 2 aromatic rings. The third kappa shape index (κ3) is 1.18. The van der Waals surface area contributed by atoms with Crippen LogP contribution in [0.5, 0.6) is 0 Å². The zero-order valence-electron chi connectivity index (χ0n) is 8.27. The second kappa shape index (κ2) is 3.24. The maximum Gasteiger partial charge on any atom is 0.153 e. The fourth-order valence-corrected chi connectivity index (χ4v) is 2.45. The quantitative estimate of drug-likeness (QED) is 0.782. The lowest BCUT2D eigenvalue weighted by Gasteiger charge is -2.00. The van der Waals surface area contributed by atoms with Crippen molar-refractivity contribution in [1.29, 1.82) is 5.41 Å². The number of anilines is 1. The fourth-order valence-electron chi connectivity index (χ4n) is 1.73. The van der Waals surface area contributed by atoms with Crippen molar-refractivity contribution >= 4 is 28.7 Å². The van der Waals surface area contributed by atoms with Crippen LogP contribution in [0.4, 0.5) is 5.82 Å². The van der Waals surface area contributed by atoms with Gasteiger partial charge in [-0.2, -0.15) is 0 Å². The van der Waals surface area contributed by atoms with Crippen LogP contribution < -0.4 is 5.73 Å². The number of nitrogens with one attached hydrogen (secondary N) is 1. The Morgan fingerprint density at radius 1 is 1.19 bits per heavy atom. The molecule has 0 radical (unpaired) electrons. The molecule has 0 fully saturated rings. The number of benzene rings is 1. The average Bonchev–Trinajstić information content (AvgIpc) is 2.84. The number of rotatable bonds is 1. The normalized spacial score (nSPS) is 13.8. The zero-order chi connectivity index (χ0) is 11.1. The predicted octanol–water partition coefficient (Wildman–Crippen LogP) is 1.90. The molecule has 0 aliphatic carbocycles. The van der Waals surface area contributed by atoms with Gasteiger partial charge in [-0.25, -0.2) is 9.98 Å². The van der Waals surface area contributed by atoms with Gasteiger partial charge in [0.1, 0.15) is 5.82 Å². The van der Waals surface area contributed by atoms with Crippen LogP contribution in [0.1, 0.15) is 16.0 Å². The molecule has 1 aliphatic heterocycles. The van der Waals surface area contributed by atoms with Crippen molar-refractivity contribution in [2.24, 2.45) is 4.99 Å². The number of fused-ring (bicyclic) bond motifs is 1. The van der Waals surface area contributed by atoms with Gasteiger partial charge in [0.2, 0.25) is 0 Å². The van der Waals surface area contributed by atoms with E-state index >= 15 is 0 Å². The van der Waals surface area contributed by atoms with E-state index in [-0.39, 0.29) is 0 Å². The summed E-state index contributed by atoms with van der Waals surface area (Å²) in [5.74, 6) is 0.770. The molecule has 0 unspecified atom stereocenters. The summed E-state index contributed by atoms with van der Waals surface area (Å²) in [5.41, 5.74) is 10.0. The number of hydrogen-bond donors (Lipinski definition) is 2. The van der Waals surface area contributed by atoms with Gasteiger partial charge >= 0.3 is 0 Å². The number of aliphatic imine (C=N–C) groups is 1. The third-order valence-electron chi connectivity index (χ3n) is 2.47. The third-order valence-corrected chi connectivity index (χ3v) is 3.32. The Kier molecular flexibility index (Phi) is 1.87. The summed E-state index contributed by atoms with van der Waals surface area (Å²) in [6, 6.07) is 7.69. The first-order valence-electron chi connectivity index (χ1n) is 4.73. The highest BCUT2D eigenvalue weighted by atomic mass is 32.1. The van der Waals surface area contributed by atoms with E-state index in [1.54, 1.807) is 5.51 Å². The highest BCUT2D eigenvalue weighted by molar-refractivity contribution is 7.12. The van der Waals surface area contributed by atoms with Gasteiger partial charge in [0.25, 0.3) is 0 Å². The number of amidine groups is 1. The van der Waals surface area contributed by atoms with E-state index in [0.29, 0.717) is 11.7 Å². The van der Waals surface area contributed by atoms with Gasteiger partial charge in [0.15, 0.2) is 5.84 Å². The molecule has 3 N–H and O–H groups in total. The van der Waals surface area contributed by atoms with Crippen LogP contribution in [0.3, 0.4) is 0 Å². The highest BCUT2D eigenvalue weighted by Crippen LogP contribution is 2.27. The summed E-state index contributed by atoms with van der Waals surface area (Å²) in [6.45, 7) is 0. The maximum absolute atomic E-state index is 7.79. The monoisotopic (exact) mass is 228 g/mol. The fraction of sp³-hybridized carbons (Fsp3) is 0. The largest absolute Gasteiger partial charge is 0.382 e. The molecule has 1 aromatic carbocycles. The van der Waals surface area contributed by atoms with Crippen LogP contribution in [-0.2, 0) is 0 Å². The molecule has 0 atom stereocenters. The van der Waals surface area contributed by atoms with Gasteiger partial charge < -0.3 is 5.73 Å². The van der Waals surface area contributed by atoms with Crippen molar-refractivity contribution in [3.05, 3.63) is 45.8 Å². The lowest BCUT2D eigenvalue weighted by atomic mass is 10.0. The molecule has 0 bridgehead atoms. The summed E-state index contributed by atoms with van der Waals surface area (Å²) in [4.78, 5) is 9.10. The molecule has 5 heteroatoms. The number of nitrogens with two attached hydrogens (primary N) is 1. The molecular weight excluding hydrogens is 220 g/mol. The summed E-state index contributed by atoms with van der Waals surface area (Å²) in [5, 5.41) is 7.79. The molecule has 0 saturated carbocycles. The average molecular weight is 228 g/mol. The minimum Gasteiger partial charge on any atom is -0.382 e. The lowest BCUT2D eigenvalue weighted by Crippen LogP contribution is -2.01. The highest BCUT2D eigenvalue weighted by Gasteiger charge is 2.23. The van der Waals surface area contributed by atoms with Crippen LogP contribution in [0.2, 0.25) is 0 Å². The summed E-state index contributed by atoms with van der Waals surface area (Å²) < 4.78 is 0. The minimum absolute atomic E-state index is 0.290. The lowest BCUT2D eigenvalue weighted by molar-refractivity contribution is 1.42. The zero-order valence-corrected chi connectivity index (χ0v) is 9.08. The number of aromatic nitrogens is 1. The van der Waals surface area contributed by atoms with E-state index < -0.39 is 0 Å². The van der Waals surface area contributed by atoms with Crippen molar-refractivity contribution < 1.29 is 0 Å². The predicted molar refractivity (Wildman–Crippen MR) is 65.4 cm³/mol. The molecule has 0 spiro atoms. The van der Waals surface area contributed by atoms with E-state index in [1.807, 2.05) is 24.3 Å². The van der Waals surface area contributed by atoms with Crippen molar-refractivity contribution in [2.75, 3.05) is 5.73 Å². The van der Waals surface area contributed by atoms with Crippen LogP contribution in [0.25, 0.3) is 0 Å². The molecule has 1 aliphatic rings. The Labute approximate surface area is 96.0 Å². The van der Waals surface area contributed by atoms with E-state index in [2.05, 4.69) is 9.98 Å². The van der Waals surface area contributed by atoms with Gasteiger partial charge in [0, 0.05) is 11.1 Å². The molecule has 1 aromatic heterocycles.